The summed E-state index contributed by atoms with van der Waals surface area (Å²) in [6.07, 6.45) is 0. The maximum absolute atomic E-state index is 10.7. The van der Waals surface area contributed by atoms with Gasteiger partial charge in [-0.25, -0.2) is 4.79 Å². The third kappa shape index (κ3) is 3.27. The van der Waals surface area contributed by atoms with Gasteiger partial charge >= 0.3 is 6.03 Å². The van der Waals surface area contributed by atoms with Crippen LogP contribution in [0.5, 0.6) is 0 Å². The van der Waals surface area contributed by atoms with Gasteiger partial charge in [-0.2, -0.15) is 0 Å². The molecule has 0 saturated carbocycles. The van der Waals surface area contributed by atoms with Crippen molar-refractivity contribution in [3.63, 3.8) is 0 Å². The Morgan fingerprint density at radius 3 is 2.56 bits per heavy atom. The molecule has 0 spiro atoms. The zero-order valence-electron chi connectivity index (χ0n) is 9.66. The molecule has 0 fully saturated rings. The van der Waals surface area contributed by atoms with Crippen LogP contribution in [0.3, 0.4) is 0 Å². The van der Waals surface area contributed by atoms with E-state index >= 15 is 0 Å². The van der Waals surface area contributed by atoms with Crippen LogP contribution in [0.4, 0.5) is 10.5 Å². The Morgan fingerprint density at radius 2 is 2.06 bits per heavy atom. The topological polar surface area (TPSA) is 79.5 Å². The Morgan fingerprint density at radius 1 is 1.38 bits per heavy atom. The average molecular weight is 220 g/mol. The highest BCUT2D eigenvalue weighted by Crippen LogP contribution is 2.15. The monoisotopic (exact) mass is 220 g/mol. The van der Waals surface area contributed by atoms with Gasteiger partial charge in [0, 0.05) is 12.7 Å². The molecule has 0 atom stereocenters. The number of primary amides is 1. The zero-order chi connectivity index (χ0) is 12.1. The molecule has 2 amide bonds. The van der Waals surface area contributed by atoms with E-state index in [2.05, 4.69) is 15.6 Å². The Kier molecular flexibility index (Phi) is 3.88. The molecule has 1 aromatic carbocycles. The number of hydrogen-bond acceptors (Lipinski definition) is 2. The molecule has 0 aliphatic rings. The van der Waals surface area contributed by atoms with Gasteiger partial charge in [0.15, 0.2) is 0 Å². The van der Waals surface area contributed by atoms with Gasteiger partial charge in [0.1, 0.15) is 0 Å². The van der Waals surface area contributed by atoms with Gasteiger partial charge in [-0.1, -0.05) is 17.7 Å². The summed E-state index contributed by atoms with van der Waals surface area (Å²) in [5.41, 5.74) is 8.16. The molecule has 5 heteroatoms. The number of hydrogen-bond donors (Lipinski definition) is 3. The van der Waals surface area contributed by atoms with Crippen molar-refractivity contribution in [3.05, 3.63) is 29.3 Å². The lowest BCUT2D eigenvalue weighted by atomic mass is 10.1. The van der Waals surface area contributed by atoms with Gasteiger partial charge in [0.2, 0.25) is 5.96 Å². The van der Waals surface area contributed by atoms with E-state index in [-0.39, 0.29) is 0 Å². The first-order valence-corrected chi connectivity index (χ1v) is 4.90. The lowest BCUT2D eigenvalue weighted by Crippen LogP contribution is -2.39. The number of amides is 2. The quantitative estimate of drug-likeness (QED) is 0.493. The van der Waals surface area contributed by atoms with Crippen molar-refractivity contribution < 1.29 is 4.79 Å². The van der Waals surface area contributed by atoms with E-state index in [1.807, 2.05) is 32.0 Å². The number of aliphatic imine (C=N–C) groups is 1. The number of anilines is 1. The summed E-state index contributed by atoms with van der Waals surface area (Å²) in [4.78, 5) is 14.6. The lowest BCUT2D eigenvalue weighted by Gasteiger charge is -2.11. The highest BCUT2D eigenvalue weighted by molar-refractivity contribution is 6.03. The lowest BCUT2D eigenvalue weighted by molar-refractivity contribution is 0.253. The van der Waals surface area contributed by atoms with Gasteiger partial charge in [0.05, 0.1) is 0 Å². The van der Waals surface area contributed by atoms with Crippen LogP contribution in [-0.2, 0) is 0 Å². The number of guanidine groups is 1. The smallest absolute Gasteiger partial charge is 0.318 e. The SMILES string of the molecule is CN=C(NC(N)=O)Nc1ccc(C)cc1C. The second-order valence-corrected chi connectivity index (χ2v) is 3.50. The standard InChI is InChI=1S/C11H16N4O/c1-7-4-5-9(8(2)6-7)14-11(13-3)15-10(12)16/h4-6H,1-3H3,(H4,12,13,14,15,16). The molecule has 1 aromatic rings. The summed E-state index contributed by atoms with van der Waals surface area (Å²) in [6.45, 7) is 4.00. The van der Waals surface area contributed by atoms with Crippen molar-refractivity contribution in [2.75, 3.05) is 12.4 Å². The largest absolute Gasteiger partial charge is 0.351 e. The fourth-order valence-corrected chi connectivity index (χ4v) is 1.34. The van der Waals surface area contributed by atoms with Crippen LogP contribution in [0.15, 0.2) is 23.2 Å². The number of nitrogens with zero attached hydrogens (tertiary/aromatic N) is 1. The Hall–Kier alpha value is -2.04. The fourth-order valence-electron chi connectivity index (χ4n) is 1.34. The highest BCUT2D eigenvalue weighted by Gasteiger charge is 2.03. The van der Waals surface area contributed by atoms with Crippen molar-refractivity contribution in [1.29, 1.82) is 0 Å². The predicted molar refractivity (Wildman–Crippen MR) is 65.6 cm³/mol. The summed E-state index contributed by atoms with van der Waals surface area (Å²) >= 11 is 0. The summed E-state index contributed by atoms with van der Waals surface area (Å²) in [5, 5.41) is 5.39. The maximum atomic E-state index is 10.7. The fraction of sp³-hybridized carbons (Fsp3) is 0.273. The van der Waals surface area contributed by atoms with E-state index < -0.39 is 6.03 Å². The summed E-state index contributed by atoms with van der Waals surface area (Å²) < 4.78 is 0. The molecule has 5 nitrogen and oxygen atoms in total. The van der Waals surface area contributed by atoms with Crippen LogP contribution in [0.2, 0.25) is 0 Å². The minimum atomic E-state index is -0.641. The number of benzene rings is 1. The van der Waals surface area contributed by atoms with Crippen molar-refractivity contribution >= 4 is 17.7 Å². The molecule has 0 unspecified atom stereocenters. The van der Waals surface area contributed by atoms with E-state index in [4.69, 9.17) is 5.73 Å². The van der Waals surface area contributed by atoms with Gasteiger partial charge in [0.25, 0.3) is 0 Å². The van der Waals surface area contributed by atoms with Crippen LogP contribution >= 0.6 is 0 Å². The first kappa shape index (κ1) is 12.0. The minimum absolute atomic E-state index is 0.333. The van der Waals surface area contributed by atoms with Gasteiger partial charge in [-0.15, -0.1) is 0 Å². The Bertz CT molecular complexity index is 426. The molecular weight excluding hydrogens is 204 g/mol. The van der Waals surface area contributed by atoms with E-state index in [1.54, 1.807) is 7.05 Å². The highest BCUT2D eigenvalue weighted by atomic mass is 16.2. The molecule has 16 heavy (non-hydrogen) atoms. The molecule has 0 heterocycles. The third-order valence-electron chi connectivity index (χ3n) is 2.10. The third-order valence-corrected chi connectivity index (χ3v) is 2.10. The van der Waals surface area contributed by atoms with Crippen LogP contribution in [-0.4, -0.2) is 19.0 Å². The number of nitrogens with two attached hydrogens (primary N) is 1. The first-order valence-electron chi connectivity index (χ1n) is 4.90. The molecule has 0 bridgehead atoms. The van der Waals surface area contributed by atoms with E-state index in [0.29, 0.717) is 5.96 Å². The second-order valence-electron chi connectivity index (χ2n) is 3.50. The van der Waals surface area contributed by atoms with E-state index in [0.717, 1.165) is 11.3 Å². The molecule has 0 aromatic heterocycles. The maximum Gasteiger partial charge on any atom is 0.318 e. The van der Waals surface area contributed by atoms with Crippen molar-refractivity contribution in [2.45, 2.75) is 13.8 Å². The van der Waals surface area contributed by atoms with Gasteiger partial charge < -0.3 is 11.1 Å². The number of rotatable bonds is 1. The van der Waals surface area contributed by atoms with E-state index in [1.165, 1.54) is 5.56 Å². The first-order chi connectivity index (χ1) is 7.52. The average Bonchev–Trinajstić information content (AvgIpc) is 2.20. The van der Waals surface area contributed by atoms with Gasteiger partial charge in [-0.05, 0) is 25.5 Å². The number of aryl methyl sites for hydroxylation is 2. The number of nitrogens with one attached hydrogen (secondary N) is 2. The predicted octanol–water partition coefficient (Wildman–Crippen LogP) is 1.37. The molecule has 0 saturated heterocycles. The zero-order valence-corrected chi connectivity index (χ0v) is 9.66. The van der Waals surface area contributed by atoms with E-state index in [9.17, 15) is 4.79 Å². The summed E-state index contributed by atoms with van der Waals surface area (Å²) in [5.74, 6) is 0.333. The molecule has 0 aliphatic carbocycles. The molecular formula is C11H16N4O. The molecule has 0 aliphatic heterocycles. The number of carbonyl (C=O) groups excluding carboxylic acids is 1. The summed E-state index contributed by atoms with van der Waals surface area (Å²) in [6, 6.07) is 5.31. The minimum Gasteiger partial charge on any atom is -0.351 e. The Labute approximate surface area is 94.8 Å². The number of carbonyl (C=O) groups is 1. The number of urea groups is 1. The second kappa shape index (κ2) is 5.16. The van der Waals surface area contributed by atoms with Gasteiger partial charge in [-0.3, -0.25) is 10.3 Å². The summed E-state index contributed by atoms with van der Waals surface area (Å²) in [7, 11) is 1.57. The Balaban J connectivity index is 2.82. The molecule has 4 N–H and O–H groups in total. The molecule has 1 rings (SSSR count). The van der Waals surface area contributed by atoms with Crippen LogP contribution in [0.25, 0.3) is 0 Å². The van der Waals surface area contributed by atoms with Crippen LogP contribution < -0.4 is 16.4 Å². The van der Waals surface area contributed by atoms with Crippen molar-refractivity contribution in [1.82, 2.24) is 5.32 Å². The van der Waals surface area contributed by atoms with Crippen molar-refractivity contribution in [3.8, 4) is 0 Å². The van der Waals surface area contributed by atoms with Crippen LogP contribution in [0.1, 0.15) is 11.1 Å². The molecule has 86 valence electrons. The normalized spacial score (nSPS) is 11.1. The molecule has 0 radical (unpaired) electrons. The van der Waals surface area contributed by atoms with Crippen molar-refractivity contribution in [2.24, 2.45) is 10.7 Å². The van der Waals surface area contributed by atoms with Crippen LogP contribution in [0, 0.1) is 13.8 Å².